The number of carbonyl (C=O) groups excluding carboxylic acids is 2. The summed E-state index contributed by atoms with van der Waals surface area (Å²) in [7, 11) is 0. The molecular formula is C23H33N3O3. The van der Waals surface area contributed by atoms with Crippen molar-refractivity contribution < 1.29 is 14.3 Å². The van der Waals surface area contributed by atoms with E-state index in [1.54, 1.807) is 12.1 Å². The van der Waals surface area contributed by atoms with E-state index in [1.165, 1.54) is 6.42 Å². The molecule has 0 saturated heterocycles. The zero-order chi connectivity index (χ0) is 21.4. The fourth-order valence-corrected chi connectivity index (χ4v) is 4.54. The summed E-state index contributed by atoms with van der Waals surface area (Å²) in [6.45, 7) is 12.7. The van der Waals surface area contributed by atoms with Crippen LogP contribution in [0.1, 0.15) is 76.7 Å². The summed E-state index contributed by atoms with van der Waals surface area (Å²) in [4.78, 5) is 24.2. The molecule has 0 spiro atoms. The average Bonchev–Trinajstić information content (AvgIpc) is 2.96. The summed E-state index contributed by atoms with van der Waals surface area (Å²) in [6, 6.07) is 7.13. The normalized spacial score (nSPS) is 26.4. The molecule has 2 saturated carbocycles. The average molecular weight is 400 g/mol. The Hall–Kier alpha value is -2.37. The van der Waals surface area contributed by atoms with Crippen LogP contribution in [0.4, 0.5) is 4.79 Å². The molecule has 0 radical (unpaired) electrons. The molecule has 0 heterocycles. The minimum Gasteiger partial charge on any atom is -0.444 e. The van der Waals surface area contributed by atoms with Gasteiger partial charge in [0.2, 0.25) is 0 Å². The van der Waals surface area contributed by atoms with Gasteiger partial charge in [-0.2, -0.15) is 5.10 Å². The van der Waals surface area contributed by atoms with Gasteiger partial charge in [0.1, 0.15) is 5.60 Å². The van der Waals surface area contributed by atoms with Crippen molar-refractivity contribution in [2.24, 2.45) is 21.8 Å². The number of nitrogens with one attached hydrogen (secondary N) is 2. The van der Waals surface area contributed by atoms with Gasteiger partial charge in [0.05, 0.1) is 0 Å². The molecule has 158 valence electrons. The van der Waals surface area contributed by atoms with Crippen molar-refractivity contribution in [3.05, 3.63) is 35.4 Å². The van der Waals surface area contributed by atoms with E-state index in [1.807, 2.05) is 32.9 Å². The summed E-state index contributed by atoms with van der Waals surface area (Å²) < 4.78 is 5.22. The summed E-state index contributed by atoms with van der Waals surface area (Å²) in [6.07, 6.45) is 2.89. The van der Waals surface area contributed by atoms with Gasteiger partial charge in [-0.15, -0.1) is 0 Å². The summed E-state index contributed by atoms with van der Waals surface area (Å²) in [5, 5.41) is 7.22. The van der Waals surface area contributed by atoms with Crippen LogP contribution in [-0.4, -0.2) is 23.3 Å². The van der Waals surface area contributed by atoms with Gasteiger partial charge in [0.25, 0.3) is 5.91 Å². The van der Waals surface area contributed by atoms with Crippen molar-refractivity contribution in [2.45, 2.75) is 73.0 Å². The monoisotopic (exact) mass is 399 g/mol. The fraction of sp³-hybridized carbons (Fsp3) is 0.609. The van der Waals surface area contributed by atoms with Gasteiger partial charge in [-0.05, 0) is 69.1 Å². The van der Waals surface area contributed by atoms with Gasteiger partial charge in [-0.1, -0.05) is 32.9 Å². The number of amides is 2. The highest BCUT2D eigenvalue weighted by atomic mass is 16.6. The molecule has 29 heavy (non-hydrogen) atoms. The van der Waals surface area contributed by atoms with Crippen LogP contribution in [0.3, 0.4) is 0 Å². The zero-order valence-electron chi connectivity index (χ0n) is 18.4. The molecule has 6 nitrogen and oxygen atoms in total. The molecule has 2 aliphatic carbocycles. The Bertz CT molecular complexity index is 821. The van der Waals surface area contributed by atoms with E-state index >= 15 is 0 Å². The number of benzene rings is 1. The van der Waals surface area contributed by atoms with E-state index in [0.717, 1.165) is 24.1 Å². The standard InChI is InChI=1S/C23H33N3O3/c1-21(2,3)29-20(28)24-14-15-7-9-16(10-8-15)19(27)26-25-18-13-17-11-12-23(18,6)22(17,4)5/h7-10,17H,11-14H2,1-6H3,(H,24,28)(H,26,27)/b25-18-/t17-,23+/m1/s1. The van der Waals surface area contributed by atoms with E-state index in [-0.39, 0.29) is 16.7 Å². The molecule has 1 aromatic rings. The van der Waals surface area contributed by atoms with Crippen LogP contribution >= 0.6 is 0 Å². The second-order valence-corrected chi connectivity index (χ2v) is 10.0. The lowest BCUT2D eigenvalue weighted by Gasteiger charge is -2.34. The van der Waals surface area contributed by atoms with Gasteiger partial charge in [-0.3, -0.25) is 4.79 Å². The second-order valence-electron chi connectivity index (χ2n) is 10.0. The molecule has 2 fully saturated rings. The Morgan fingerprint density at radius 2 is 1.83 bits per heavy atom. The van der Waals surface area contributed by atoms with Crippen molar-refractivity contribution in [1.29, 1.82) is 0 Å². The highest BCUT2D eigenvalue weighted by molar-refractivity contribution is 5.98. The number of carbonyl (C=O) groups is 2. The van der Waals surface area contributed by atoms with E-state index in [4.69, 9.17) is 4.74 Å². The molecule has 2 N–H and O–H groups in total. The molecular weight excluding hydrogens is 366 g/mol. The second kappa shape index (κ2) is 7.47. The zero-order valence-corrected chi connectivity index (χ0v) is 18.4. The quantitative estimate of drug-likeness (QED) is 0.724. The predicted molar refractivity (Wildman–Crippen MR) is 114 cm³/mol. The first kappa shape index (κ1) is 21.3. The minimum atomic E-state index is -0.529. The van der Waals surface area contributed by atoms with E-state index in [9.17, 15) is 9.59 Å². The van der Waals surface area contributed by atoms with E-state index < -0.39 is 11.7 Å². The Labute approximate surface area is 173 Å². The maximum Gasteiger partial charge on any atom is 0.407 e. The first-order chi connectivity index (χ1) is 13.4. The van der Waals surface area contributed by atoms with Gasteiger partial charge in [-0.25, -0.2) is 10.2 Å². The summed E-state index contributed by atoms with van der Waals surface area (Å²) in [5.41, 5.74) is 5.07. The van der Waals surface area contributed by atoms with Gasteiger partial charge in [0, 0.05) is 23.2 Å². The van der Waals surface area contributed by atoms with Crippen molar-refractivity contribution >= 4 is 17.7 Å². The molecule has 0 aliphatic heterocycles. The third-order valence-electron chi connectivity index (χ3n) is 6.86. The number of hydrazone groups is 1. The molecule has 2 amide bonds. The molecule has 2 bridgehead atoms. The number of rotatable bonds is 4. The van der Waals surface area contributed by atoms with Crippen molar-refractivity contribution in [1.82, 2.24) is 10.7 Å². The lowest BCUT2D eigenvalue weighted by atomic mass is 9.70. The Balaban J connectivity index is 1.56. The van der Waals surface area contributed by atoms with Crippen LogP contribution in [0, 0.1) is 16.7 Å². The van der Waals surface area contributed by atoms with E-state index in [0.29, 0.717) is 18.0 Å². The third kappa shape index (κ3) is 4.31. The number of ether oxygens (including phenoxy) is 1. The molecule has 0 unspecified atom stereocenters. The number of alkyl carbamates (subject to hydrolysis) is 1. The number of hydrogen-bond acceptors (Lipinski definition) is 4. The van der Waals surface area contributed by atoms with Crippen LogP contribution in [0.5, 0.6) is 0 Å². The highest BCUT2D eigenvalue weighted by Gasteiger charge is 2.60. The number of nitrogens with zero attached hydrogens (tertiary/aromatic N) is 1. The van der Waals surface area contributed by atoms with Crippen molar-refractivity contribution in [2.75, 3.05) is 0 Å². The predicted octanol–water partition coefficient (Wildman–Crippen LogP) is 4.64. The van der Waals surface area contributed by atoms with Crippen LogP contribution < -0.4 is 10.7 Å². The Morgan fingerprint density at radius 3 is 2.34 bits per heavy atom. The lowest BCUT2D eigenvalue weighted by Crippen LogP contribution is -2.34. The Kier molecular flexibility index (Phi) is 5.50. The summed E-state index contributed by atoms with van der Waals surface area (Å²) >= 11 is 0. The smallest absolute Gasteiger partial charge is 0.407 e. The third-order valence-corrected chi connectivity index (χ3v) is 6.86. The highest BCUT2D eigenvalue weighted by Crippen LogP contribution is 2.63. The largest absolute Gasteiger partial charge is 0.444 e. The van der Waals surface area contributed by atoms with Crippen molar-refractivity contribution in [3.63, 3.8) is 0 Å². The Morgan fingerprint density at radius 1 is 1.17 bits per heavy atom. The van der Waals surface area contributed by atoms with Gasteiger partial charge >= 0.3 is 6.09 Å². The summed E-state index contributed by atoms with van der Waals surface area (Å²) in [5.74, 6) is 0.438. The van der Waals surface area contributed by atoms with Crippen LogP contribution in [0.15, 0.2) is 29.4 Å². The van der Waals surface area contributed by atoms with Crippen LogP contribution in [-0.2, 0) is 11.3 Å². The molecule has 2 atom stereocenters. The van der Waals surface area contributed by atoms with Gasteiger partial charge < -0.3 is 10.1 Å². The van der Waals surface area contributed by atoms with Crippen LogP contribution in [0.2, 0.25) is 0 Å². The fourth-order valence-electron chi connectivity index (χ4n) is 4.54. The molecule has 3 rings (SSSR count). The topological polar surface area (TPSA) is 79.8 Å². The number of fused-ring (bicyclic) bond motifs is 2. The molecule has 2 aliphatic rings. The first-order valence-corrected chi connectivity index (χ1v) is 10.4. The van der Waals surface area contributed by atoms with Gasteiger partial charge in [0.15, 0.2) is 0 Å². The van der Waals surface area contributed by atoms with E-state index in [2.05, 4.69) is 36.6 Å². The molecule has 6 heteroatoms. The maximum atomic E-state index is 12.5. The first-order valence-electron chi connectivity index (χ1n) is 10.4. The lowest BCUT2D eigenvalue weighted by molar-refractivity contribution is 0.0523. The number of hydrogen-bond donors (Lipinski definition) is 2. The minimum absolute atomic E-state index is 0.0716. The van der Waals surface area contributed by atoms with Crippen LogP contribution in [0.25, 0.3) is 0 Å². The SMILES string of the molecule is CC(C)(C)OC(=O)NCc1ccc(C(=O)N/N=C2/C[C@H]3CC[C@]2(C)C3(C)C)cc1. The van der Waals surface area contributed by atoms with Crippen molar-refractivity contribution in [3.8, 4) is 0 Å². The maximum absolute atomic E-state index is 12.5. The molecule has 0 aromatic heterocycles. The molecule has 1 aromatic carbocycles.